The van der Waals surface area contributed by atoms with E-state index in [0.29, 0.717) is 19.3 Å². The number of ether oxygens (including phenoxy) is 3. The Hall–Kier alpha value is -5.35. The number of phosphoric acid groups is 2. The molecule has 0 aromatic heterocycles. The van der Waals surface area contributed by atoms with Crippen LogP contribution in [0, 0.1) is 0 Å². The Labute approximate surface area is 662 Å². The topological polar surface area (TPSA) is 231 Å². The zero-order chi connectivity index (χ0) is 79.4. The average molecular weight is 1560 g/mol. The minimum atomic E-state index is -4.95. The molecule has 0 aromatic rings. The Morgan fingerprint density at radius 3 is 0.780 bits per heavy atom. The Kier molecular flexibility index (Phi) is 78.1. The van der Waals surface area contributed by atoms with E-state index in [4.69, 9.17) is 32.3 Å². The SMILES string of the molecule is CC/C=C\C/C=C\C/C=C\C/C=C\C/C=C\C/C=C\CCCCCCCCCCCCC(=O)OCC(O)COP(=O)(O)OCC(O)COP(=O)(O)OCC(COC(=O)CCCCCCCCCCC/C=C\C/C=C\C/C=C\C/C=C\CCCCC)OC(=O)CCCCC/C=C\C/C=C\C/C=C\C/C=C\C/C=C\CC. The van der Waals surface area contributed by atoms with Crippen LogP contribution in [0.4, 0.5) is 0 Å². The molecule has 5 unspecified atom stereocenters. The molecule has 5 atom stereocenters. The van der Waals surface area contributed by atoms with Gasteiger partial charge in [0.1, 0.15) is 25.4 Å². The molecule has 0 aliphatic heterocycles. The number of phosphoric ester groups is 2. The van der Waals surface area contributed by atoms with E-state index >= 15 is 0 Å². The van der Waals surface area contributed by atoms with Crippen molar-refractivity contribution >= 4 is 33.6 Å². The second-order valence-corrected chi connectivity index (χ2v) is 30.4. The third kappa shape index (κ3) is 83.4. The monoisotopic (exact) mass is 1560 g/mol. The van der Waals surface area contributed by atoms with Crippen LogP contribution >= 0.6 is 15.6 Å². The average Bonchev–Trinajstić information content (AvgIpc) is 0.902. The number of esters is 3. The molecular formula is C91H150O16P2. The Morgan fingerprint density at radius 2 is 0.486 bits per heavy atom. The number of allylic oxidation sites excluding steroid dienone is 30. The molecule has 4 N–H and O–H groups in total. The van der Waals surface area contributed by atoms with Crippen LogP contribution in [0.2, 0.25) is 0 Å². The highest BCUT2D eigenvalue weighted by Gasteiger charge is 2.29. The van der Waals surface area contributed by atoms with E-state index in [9.17, 15) is 43.5 Å². The Morgan fingerprint density at radius 1 is 0.266 bits per heavy atom. The molecule has 0 amide bonds. The summed E-state index contributed by atoms with van der Waals surface area (Å²) in [5, 5.41) is 20.7. The van der Waals surface area contributed by atoms with E-state index in [1.165, 1.54) is 83.5 Å². The van der Waals surface area contributed by atoms with Gasteiger partial charge in [-0.05, 0) is 161 Å². The van der Waals surface area contributed by atoms with Gasteiger partial charge in [-0.15, -0.1) is 0 Å². The normalized spacial score (nSPS) is 14.8. The Bertz CT molecular complexity index is 2710. The molecule has 109 heavy (non-hydrogen) atoms. The summed E-state index contributed by atoms with van der Waals surface area (Å²) in [6.07, 6.45) is 106. The maximum atomic E-state index is 13.0. The van der Waals surface area contributed by atoms with Gasteiger partial charge in [0.05, 0.1) is 26.4 Å². The van der Waals surface area contributed by atoms with E-state index in [1.54, 1.807) is 0 Å². The first-order valence-corrected chi connectivity index (χ1v) is 45.1. The standard InChI is InChI=1S/C91H150O16P2/c1-4-7-10-13-16-19-22-25-28-31-34-36-38-40-41-42-43-45-47-48-51-53-56-59-62-65-68-71-74-77-89(94)101-80-86(92)81-103-108(97,98)104-82-87(93)83-105-109(99,100)106-85-88(107-91(96)79-76-73-70-67-64-61-58-55-50-33-30-27-24-21-18-15-12-9-6-3)84-102-90(95)78-75-72-69-66-63-60-57-54-52-49-46-44-39-37-35-32-29-26-23-20-17-14-11-8-5-2/h7,9-10,12,16-21,25-30,34-37,40-41,43-46,50,55,61,64,86-88,92-93H,4-6,8,11,13-15,22-24,31-33,38-39,42,47-49,51-54,56-60,62-63,65-85H2,1-3H3,(H,97,98)(H,99,100)/b10-7-,12-9-,19-16-,20-17-,21-18-,28-25-,29-26-,30-27-,36-34-,37-35-,41-40-,45-43-,46-44-,55-50-,64-61-. The van der Waals surface area contributed by atoms with Crippen LogP contribution in [0.15, 0.2) is 182 Å². The van der Waals surface area contributed by atoms with Crippen LogP contribution in [-0.2, 0) is 55.8 Å². The van der Waals surface area contributed by atoms with Gasteiger partial charge in [-0.2, -0.15) is 0 Å². The van der Waals surface area contributed by atoms with Crippen LogP contribution < -0.4 is 0 Å². The van der Waals surface area contributed by atoms with Gasteiger partial charge in [-0.3, -0.25) is 32.5 Å². The molecule has 0 radical (unpaired) electrons. The number of carbonyl (C=O) groups is 3. The largest absolute Gasteiger partial charge is 0.472 e. The summed E-state index contributed by atoms with van der Waals surface area (Å²) in [5.74, 6) is -1.63. The lowest BCUT2D eigenvalue weighted by atomic mass is 10.1. The highest BCUT2D eigenvalue weighted by molar-refractivity contribution is 7.47. The summed E-state index contributed by atoms with van der Waals surface area (Å²) in [6, 6.07) is 0. The van der Waals surface area contributed by atoms with Gasteiger partial charge in [-0.25, -0.2) is 9.13 Å². The van der Waals surface area contributed by atoms with Gasteiger partial charge in [0.15, 0.2) is 6.10 Å². The molecule has 0 aliphatic carbocycles. The van der Waals surface area contributed by atoms with Gasteiger partial charge >= 0.3 is 33.6 Å². The van der Waals surface area contributed by atoms with Crippen molar-refractivity contribution in [3.05, 3.63) is 182 Å². The zero-order valence-corrected chi connectivity index (χ0v) is 69.7. The number of hydrogen-bond acceptors (Lipinski definition) is 14. The lowest BCUT2D eigenvalue weighted by Gasteiger charge is -2.21. The van der Waals surface area contributed by atoms with E-state index in [2.05, 4.69) is 203 Å². The second kappa shape index (κ2) is 82.1. The highest BCUT2D eigenvalue weighted by atomic mass is 31.2. The van der Waals surface area contributed by atoms with E-state index in [-0.39, 0.29) is 19.3 Å². The summed E-state index contributed by atoms with van der Waals surface area (Å²) in [6.45, 7) is 2.38. The third-order valence-electron chi connectivity index (χ3n) is 17.1. The van der Waals surface area contributed by atoms with E-state index in [1.807, 2.05) is 0 Å². The minimum absolute atomic E-state index is 0.0579. The first-order valence-electron chi connectivity index (χ1n) is 42.1. The molecule has 0 bridgehead atoms. The molecule has 18 heteroatoms. The maximum Gasteiger partial charge on any atom is 0.472 e. The second-order valence-electron chi connectivity index (χ2n) is 27.5. The lowest BCUT2D eigenvalue weighted by molar-refractivity contribution is -0.161. The van der Waals surface area contributed by atoms with Gasteiger partial charge < -0.3 is 34.2 Å². The molecule has 620 valence electrons. The fourth-order valence-corrected chi connectivity index (χ4v) is 12.3. The number of hydrogen-bond donors (Lipinski definition) is 4. The van der Waals surface area contributed by atoms with Crippen molar-refractivity contribution in [1.82, 2.24) is 0 Å². The van der Waals surface area contributed by atoms with Gasteiger partial charge in [0, 0.05) is 19.3 Å². The van der Waals surface area contributed by atoms with E-state index < -0.39 is 91.5 Å². The van der Waals surface area contributed by atoms with Crippen molar-refractivity contribution < 1.29 is 75.8 Å². The molecule has 0 rings (SSSR count). The molecule has 0 aliphatic rings. The lowest BCUT2D eigenvalue weighted by Crippen LogP contribution is -2.30. The van der Waals surface area contributed by atoms with Gasteiger partial charge in [0.2, 0.25) is 0 Å². The number of aliphatic hydroxyl groups is 2. The third-order valence-corrected chi connectivity index (χ3v) is 19.0. The number of unbranched alkanes of at least 4 members (excludes halogenated alkanes) is 25. The van der Waals surface area contributed by atoms with Crippen molar-refractivity contribution in [2.24, 2.45) is 0 Å². The van der Waals surface area contributed by atoms with Gasteiger partial charge in [-0.1, -0.05) is 319 Å². The van der Waals surface area contributed by atoms with Crippen molar-refractivity contribution in [3.63, 3.8) is 0 Å². The van der Waals surface area contributed by atoms with Crippen molar-refractivity contribution in [1.29, 1.82) is 0 Å². The van der Waals surface area contributed by atoms with Crippen LogP contribution in [0.3, 0.4) is 0 Å². The smallest absolute Gasteiger partial charge is 0.463 e. The summed E-state index contributed by atoms with van der Waals surface area (Å²) >= 11 is 0. The number of aliphatic hydroxyl groups excluding tert-OH is 2. The quantitative estimate of drug-likeness (QED) is 0.0146. The fourth-order valence-electron chi connectivity index (χ4n) is 10.8. The molecule has 0 aromatic carbocycles. The highest BCUT2D eigenvalue weighted by Crippen LogP contribution is 2.45. The first-order chi connectivity index (χ1) is 53.2. The molecule has 0 fully saturated rings. The summed E-state index contributed by atoms with van der Waals surface area (Å²) < 4.78 is 61.3. The zero-order valence-electron chi connectivity index (χ0n) is 67.9. The molecule has 0 saturated heterocycles. The maximum absolute atomic E-state index is 13.0. The molecule has 0 saturated carbocycles. The molecular weight excluding hydrogens is 1410 g/mol. The fraction of sp³-hybridized carbons (Fsp3) is 0.637. The predicted octanol–water partition coefficient (Wildman–Crippen LogP) is 25.3. The molecule has 0 heterocycles. The van der Waals surface area contributed by atoms with Crippen LogP contribution in [0.1, 0.15) is 316 Å². The first kappa shape index (κ1) is 104. The van der Waals surface area contributed by atoms with Crippen molar-refractivity contribution in [2.45, 2.75) is 334 Å². The Balaban J connectivity index is 4.66. The number of rotatable bonds is 78. The van der Waals surface area contributed by atoms with Crippen molar-refractivity contribution in [3.8, 4) is 0 Å². The van der Waals surface area contributed by atoms with Gasteiger partial charge in [0.25, 0.3) is 0 Å². The number of carbonyl (C=O) groups excluding carboxylic acids is 3. The summed E-state index contributed by atoms with van der Waals surface area (Å²) in [5.41, 5.74) is 0. The molecule has 0 spiro atoms. The van der Waals surface area contributed by atoms with Crippen LogP contribution in [0.25, 0.3) is 0 Å². The minimum Gasteiger partial charge on any atom is -0.463 e. The predicted molar refractivity (Wildman–Crippen MR) is 454 cm³/mol. The van der Waals surface area contributed by atoms with Crippen molar-refractivity contribution in [2.75, 3.05) is 39.6 Å². The van der Waals surface area contributed by atoms with Crippen LogP contribution in [0.5, 0.6) is 0 Å². The van der Waals surface area contributed by atoms with Crippen LogP contribution in [-0.4, -0.2) is 95.9 Å². The molecule has 16 nitrogen and oxygen atoms in total. The van der Waals surface area contributed by atoms with E-state index in [0.717, 1.165) is 173 Å². The summed E-state index contributed by atoms with van der Waals surface area (Å²) in [4.78, 5) is 58.8. The summed E-state index contributed by atoms with van der Waals surface area (Å²) in [7, 11) is -9.83.